The molecule has 4 heteroatoms. The van der Waals surface area contributed by atoms with E-state index in [1.165, 1.54) is 16.7 Å². The van der Waals surface area contributed by atoms with Crippen molar-refractivity contribution in [2.24, 2.45) is 0 Å². The summed E-state index contributed by atoms with van der Waals surface area (Å²) in [4.78, 5) is 0. The third kappa shape index (κ3) is 1.47. The molecular weight excluding hydrogens is 302 g/mol. The van der Waals surface area contributed by atoms with Crippen LogP contribution in [0.15, 0.2) is 17.5 Å². The van der Waals surface area contributed by atoms with Crippen LogP contribution in [0.5, 0.6) is 0 Å². The van der Waals surface area contributed by atoms with Gasteiger partial charge in [-0.15, -0.1) is 11.3 Å². The highest BCUT2D eigenvalue weighted by molar-refractivity contribution is 14.1. The van der Waals surface area contributed by atoms with Crippen LogP contribution in [-0.2, 0) is 6.61 Å². The molecule has 0 spiro atoms. The van der Waals surface area contributed by atoms with Crippen molar-refractivity contribution in [3.8, 4) is 0 Å². The van der Waals surface area contributed by atoms with Crippen molar-refractivity contribution < 1.29 is 9.50 Å². The number of fused-ring (bicyclic) bond motifs is 1. The predicted octanol–water partition coefficient (Wildman–Crippen LogP) is 3.14. The topological polar surface area (TPSA) is 20.2 Å². The van der Waals surface area contributed by atoms with E-state index < -0.39 is 0 Å². The fourth-order valence-electron chi connectivity index (χ4n) is 1.20. The van der Waals surface area contributed by atoms with Crippen molar-refractivity contribution in [3.63, 3.8) is 0 Å². The quantitative estimate of drug-likeness (QED) is 0.803. The molecule has 0 aliphatic rings. The van der Waals surface area contributed by atoms with Gasteiger partial charge in [-0.1, -0.05) is 12.1 Å². The molecule has 0 saturated heterocycles. The number of aliphatic hydroxyl groups is 1. The molecule has 0 aliphatic carbocycles. The van der Waals surface area contributed by atoms with E-state index in [-0.39, 0.29) is 12.4 Å². The second-order valence-corrected chi connectivity index (χ2v) is 4.62. The van der Waals surface area contributed by atoms with Gasteiger partial charge < -0.3 is 5.11 Å². The molecule has 1 aromatic carbocycles. The largest absolute Gasteiger partial charge is 0.392 e. The van der Waals surface area contributed by atoms with Gasteiger partial charge in [0, 0.05) is 14.3 Å². The van der Waals surface area contributed by atoms with E-state index in [4.69, 9.17) is 5.11 Å². The summed E-state index contributed by atoms with van der Waals surface area (Å²) < 4.78 is 15.0. The van der Waals surface area contributed by atoms with Crippen molar-refractivity contribution in [1.29, 1.82) is 0 Å². The second-order valence-electron chi connectivity index (χ2n) is 2.66. The van der Waals surface area contributed by atoms with Crippen molar-refractivity contribution in [3.05, 3.63) is 32.5 Å². The third-order valence-electron chi connectivity index (χ3n) is 1.88. The van der Waals surface area contributed by atoms with Crippen LogP contribution >= 0.6 is 33.9 Å². The Balaban J connectivity index is 2.80. The molecule has 68 valence electrons. The van der Waals surface area contributed by atoms with Gasteiger partial charge in [-0.25, -0.2) is 4.39 Å². The molecule has 0 saturated carbocycles. The van der Waals surface area contributed by atoms with E-state index in [9.17, 15) is 4.39 Å². The molecule has 2 rings (SSSR count). The summed E-state index contributed by atoms with van der Waals surface area (Å²) in [6.07, 6.45) is 0. The molecule has 0 amide bonds. The summed E-state index contributed by atoms with van der Waals surface area (Å²) in [5.41, 5.74) is 0.856. The Kier molecular flexibility index (Phi) is 2.53. The predicted molar refractivity (Wildman–Crippen MR) is 60.4 cm³/mol. The fourth-order valence-corrected chi connectivity index (χ4v) is 3.09. The van der Waals surface area contributed by atoms with Crippen LogP contribution < -0.4 is 0 Å². The molecular formula is C9H6FIOS. The van der Waals surface area contributed by atoms with Crippen LogP contribution in [0.25, 0.3) is 10.1 Å². The van der Waals surface area contributed by atoms with E-state index in [0.29, 0.717) is 5.39 Å². The smallest absolute Gasteiger partial charge is 0.141 e. The van der Waals surface area contributed by atoms with Gasteiger partial charge in [0.15, 0.2) is 0 Å². The molecule has 2 aromatic rings. The first kappa shape index (κ1) is 9.36. The number of hydrogen-bond donors (Lipinski definition) is 1. The number of halogens is 2. The zero-order valence-corrected chi connectivity index (χ0v) is 9.52. The lowest BCUT2D eigenvalue weighted by Gasteiger charge is -2.00. The Morgan fingerprint density at radius 2 is 2.23 bits per heavy atom. The SMILES string of the molecule is OCc1ccc2c(F)csc2c1I. The van der Waals surface area contributed by atoms with E-state index >= 15 is 0 Å². The molecule has 1 nitrogen and oxygen atoms in total. The average Bonchev–Trinajstić information content (AvgIpc) is 2.50. The lowest BCUT2D eigenvalue weighted by molar-refractivity contribution is 0.281. The van der Waals surface area contributed by atoms with Gasteiger partial charge in [0.25, 0.3) is 0 Å². The number of benzene rings is 1. The van der Waals surface area contributed by atoms with Gasteiger partial charge in [0.1, 0.15) is 5.82 Å². The number of aliphatic hydroxyl groups excluding tert-OH is 1. The molecule has 1 N–H and O–H groups in total. The first-order chi connectivity index (χ1) is 6.24. The van der Waals surface area contributed by atoms with E-state index in [0.717, 1.165) is 13.8 Å². The van der Waals surface area contributed by atoms with Gasteiger partial charge in [-0.2, -0.15) is 0 Å². The Morgan fingerprint density at radius 3 is 2.92 bits per heavy atom. The van der Waals surface area contributed by atoms with Crippen molar-refractivity contribution in [1.82, 2.24) is 0 Å². The zero-order valence-electron chi connectivity index (χ0n) is 6.55. The first-order valence-corrected chi connectivity index (χ1v) is 5.65. The van der Waals surface area contributed by atoms with Gasteiger partial charge in [0.2, 0.25) is 0 Å². The van der Waals surface area contributed by atoms with E-state index in [2.05, 4.69) is 22.6 Å². The van der Waals surface area contributed by atoms with Gasteiger partial charge in [-0.3, -0.25) is 0 Å². The molecule has 13 heavy (non-hydrogen) atoms. The van der Waals surface area contributed by atoms with E-state index in [1.807, 2.05) is 0 Å². The molecule has 0 atom stereocenters. The summed E-state index contributed by atoms with van der Waals surface area (Å²) in [5, 5.41) is 11.1. The number of thiophene rings is 1. The maximum absolute atomic E-state index is 13.1. The Bertz CT molecular complexity index is 452. The van der Waals surface area contributed by atoms with Crippen molar-refractivity contribution in [2.45, 2.75) is 6.61 Å². The number of rotatable bonds is 1. The lowest BCUT2D eigenvalue weighted by Crippen LogP contribution is -1.87. The standard InChI is InChI=1S/C9H6FIOS/c10-7-4-13-9-6(7)2-1-5(3-12)8(9)11/h1-2,4,12H,3H2. The van der Waals surface area contributed by atoms with E-state index in [1.54, 1.807) is 12.1 Å². The monoisotopic (exact) mass is 308 g/mol. The minimum absolute atomic E-state index is 0.00767. The maximum atomic E-state index is 13.1. The highest BCUT2D eigenvalue weighted by Crippen LogP contribution is 2.31. The van der Waals surface area contributed by atoms with Crippen LogP contribution in [0.2, 0.25) is 0 Å². The van der Waals surface area contributed by atoms with Gasteiger partial charge in [0.05, 0.1) is 11.3 Å². The third-order valence-corrected chi connectivity index (χ3v) is 4.47. The van der Waals surface area contributed by atoms with Gasteiger partial charge >= 0.3 is 0 Å². The van der Waals surface area contributed by atoms with Crippen LogP contribution in [0, 0.1) is 9.39 Å². The highest BCUT2D eigenvalue weighted by atomic mass is 127. The molecule has 0 aliphatic heterocycles. The van der Waals surface area contributed by atoms with Crippen LogP contribution in [0.1, 0.15) is 5.56 Å². The van der Waals surface area contributed by atoms with Crippen LogP contribution in [0.4, 0.5) is 4.39 Å². The molecule has 0 fully saturated rings. The van der Waals surface area contributed by atoms with Crippen LogP contribution in [-0.4, -0.2) is 5.11 Å². The van der Waals surface area contributed by atoms with Crippen LogP contribution in [0.3, 0.4) is 0 Å². The molecule has 0 bridgehead atoms. The summed E-state index contributed by atoms with van der Waals surface area (Å²) in [5.74, 6) is -0.178. The molecule has 1 aromatic heterocycles. The number of hydrogen-bond acceptors (Lipinski definition) is 2. The molecule has 1 heterocycles. The molecule has 0 radical (unpaired) electrons. The second kappa shape index (κ2) is 3.51. The summed E-state index contributed by atoms with van der Waals surface area (Å²) in [6, 6.07) is 3.48. The lowest BCUT2D eigenvalue weighted by atomic mass is 10.2. The highest BCUT2D eigenvalue weighted by Gasteiger charge is 2.09. The zero-order chi connectivity index (χ0) is 9.42. The Hall–Kier alpha value is -0.200. The van der Waals surface area contributed by atoms with Gasteiger partial charge in [-0.05, 0) is 28.2 Å². The van der Waals surface area contributed by atoms with Crippen molar-refractivity contribution >= 4 is 44.0 Å². The normalized spacial score (nSPS) is 11.0. The summed E-state index contributed by atoms with van der Waals surface area (Å²) in [6.45, 7) is 0.00767. The van der Waals surface area contributed by atoms with Crippen molar-refractivity contribution in [2.75, 3.05) is 0 Å². The maximum Gasteiger partial charge on any atom is 0.141 e. The first-order valence-electron chi connectivity index (χ1n) is 3.69. The Labute approximate surface area is 92.3 Å². The fraction of sp³-hybridized carbons (Fsp3) is 0.111. The molecule has 0 unspecified atom stereocenters. The summed E-state index contributed by atoms with van der Waals surface area (Å²) in [7, 11) is 0. The average molecular weight is 308 g/mol. The minimum Gasteiger partial charge on any atom is -0.392 e. The summed E-state index contributed by atoms with van der Waals surface area (Å²) >= 11 is 3.51. The minimum atomic E-state index is -0.178. The Morgan fingerprint density at radius 1 is 1.46 bits per heavy atom.